The van der Waals surface area contributed by atoms with Gasteiger partial charge >= 0.3 is 0 Å². The summed E-state index contributed by atoms with van der Waals surface area (Å²) in [6.45, 7) is 4.19. The smallest absolute Gasteiger partial charge is 0.220 e. The van der Waals surface area contributed by atoms with Crippen LogP contribution in [0.4, 0.5) is 0 Å². The molecule has 0 rings (SSSR count). The third kappa shape index (κ3) is 55.7. The zero-order valence-electron chi connectivity index (χ0n) is 46.0. The van der Waals surface area contributed by atoms with E-state index >= 15 is 0 Å². The molecule has 4 heteroatoms. The monoisotopic (exact) mass is 968 g/mol. The van der Waals surface area contributed by atoms with Gasteiger partial charge in [0.25, 0.3) is 0 Å². The van der Waals surface area contributed by atoms with E-state index in [-0.39, 0.29) is 12.5 Å². The molecular formula is C66H113NO3. The van der Waals surface area contributed by atoms with Crippen molar-refractivity contribution in [2.45, 2.75) is 283 Å². The summed E-state index contributed by atoms with van der Waals surface area (Å²) in [5.74, 6) is -0.0915. The number of hydrogen-bond acceptors (Lipinski definition) is 3. The van der Waals surface area contributed by atoms with Crippen molar-refractivity contribution < 1.29 is 15.0 Å². The van der Waals surface area contributed by atoms with Crippen molar-refractivity contribution in [1.82, 2.24) is 5.32 Å². The fourth-order valence-corrected chi connectivity index (χ4v) is 8.45. The summed E-state index contributed by atoms with van der Waals surface area (Å²) in [4.78, 5) is 12.5. The molecule has 70 heavy (non-hydrogen) atoms. The van der Waals surface area contributed by atoms with E-state index in [4.69, 9.17) is 0 Å². The molecule has 0 aliphatic heterocycles. The van der Waals surface area contributed by atoms with Crippen molar-refractivity contribution in [2.24, 2.45) is 0 Å². The largest absolute Gasteiger partial charge is 0.394 e. The molecule has 0 radical (unpaired) electrons. The first-order valence-electron chi connectivity index (χ1n) is 29.7. The van der Waals surface area contributed by atoms with Gasteiger partial charge in [0.2, 0.25) is 5.91 Å². The highest BCUT2D eigenvalue weighted by Crippen LogP contribution is 2.16. The Morgan fingerprint density at radius 2 is 0.643 bits per heavy atom. The van der Waals surface area contributed by atoms with Gasteiger partial charge in [-0.15, -0.1) is 0 Å². The molecule has 0 fully saturated rings. The van der Waals surface area contributed by atoms with Gasteiger partial charge in [0.1, 0.15) is 0 Å². The van der Waals surface area contributed by atoms with Gasteiger partial charge in [0.05, 0.1) is 18.8 Å². The number of unbranched alkanes of at least 4 members (excludes halogenated alkanes) is 28. The molecule has 0 aliphatic rings. The van der Waals surface area contributed by atoms with Gasteiger partial charge in [0, 0.05) is 6.42 Å². The number of allylic oxidation sites excluding steroid dienone is 19. The third-order valence-corrected chi connectivity index (χ3v) is 12.9. The summed E-state index contributed by atoms with van der Waals surface area (Å²) in [6, 6.07) is -0.658. The van der Waals surface area contributed by atoms with Crippen LogP contribution in [0.1, 0.15) is 271 Å². The van der Waals surface area contributed by atoms with Crippen molar-refractivity contribution in [1.29, 1.82) is 0 Å². The minimum absolute atomic E-state index is 0.0915. The van der Waals surface area contributed by atoms with E-state index in [1.807, 2.05) is 6.08 Å². The number of amides is 1. The molecular weight excluding hydrogens is 855 g/mol. The fourth-order valence-electron chi connectivity index (χ4n) is 8.45. The first-order valence-corrected chi connectivity index (χ1v) is 29.7. The molecule has 2 atom stereocenters. The fraction of sp³-hybridized carbons (Fsp3) is 0.682. The zero-order valence-corrected chi connectivity index (χ0v) is 46.0. The van der Waals surface area contributed by atoms with E-state index in [9.17, 15) is 15.0 Å². The van der Waals surface area contributed by atoms with E-state index in [0.29, 0.717) is 6.42 Å². The van der Waals surface area contributed by atoms with E-state index in [1.54, 1.807) is 6.08 Å². The van der Waals surface area contributed by atoms with Gasteiger partial charge in [0.15, 0.2) is 0 Å². The number of rotatable bonds is 53. The van der Waals surface area contributed by atoms with Gasteiger partial charge in [-0.2, -0.15) is 0 Å². The molecule has 1 amide bonds. The number of carbonyl (C=O) groups excluding carboxylic acids is 1. The Labute approximate surface area is 435 Å². The lowest BCUT2D eigenvalue weighted by Crippen LogP contribution is -2.45. The molecule has 0 saturated heterocycles. The van der Waals surface area contributed by atoms with Crippen LogP contribution >= 0.6 is 0 Å². The second kappa shape index (κ2) is 60.1. The summed E-state index contributed by atoms with van der Waals surface area (Å²) >= 11 is 0. The van der Waals surface area contributed by atoms with Crippen molar-refractivity contribution in [3.63, 3.8) is 0 Å². The molecule has 0 heterocycles. The third-order valence-electron chi connectivity index (χ3n) is 12.9. The van der Waals surface area contributed by atoms with Crippen molar-refractivity contribution in [3.05, 3.63) is 122 Å². The van der Waals surface area contributed by atoms with Gasteiger partial charge in [-0.05, 0) is 96.3 Å². The Hall–Kier alpha value is -3.21. The standard InChI is InChI=1S/C66H113NO3/c1-3-5-7-9-11-13-15-17-19-21-23-25-27-29-31-32-33-34-36-38-40-42-44-46-48-50-52-54-56-58-60-62-66(70)67-64(63-68)65(69)61-59-57-55-53-51-49-47-45-43-41-39-37-35-30-28-26-24-22-20-18-16-14-12-10-8-6-4-2/h5,7,11,13,17,19,23,25,29,31,33-34,38,40,44,46,51,53,59,61,64-65,68-69H,3-4,6,8-10,12,14-16,18,20-22,24,26-28,30,32,35-37,39,41-43,45,47-50,52,54-58,60,62-63H2,1-2H3,(H,67,70)/b7-5-,13-11-,19-17-,25-23-,31-29-,34-33-,40-38-,46-44-,53-51+,61-59+. The van der Waals surface area contributed by atoms with Crippen molar-refractivity contribution >= 4 is 5.91 Å². The van der Waals surface area contributed by atoms with Gasteiger partial charge in [-0.3, -0.25) is 4.79 Å². The van der Waals surface area contributed by atoms with Crippen LogP contribution < -0.4 is 5.32 Å². The Kier molecular flexibility index (Phi) is 57.3. The van der Waals surface area contributed by atoms with Crippen LogP contribution in [0, 0.1) is 0 Å². The molecule has 400 valence electrons. The second-order valence-corrected chi connectivity index (χ2v) is 19.7. The number of aliphatic hydroxyl groups excluding tert-OH is 2. The first kappa shape index (κ1) is 66.8. The molecule has 0 aliphatic carbocycles. The molecule has 2 unspecified atom stereocenters. The predicted octanol–water partition coefficient (Wildman–Crippen LogP) is 20.0. The Balaban J connectivity index is 3.64. The van der Waals surface area contributed by atoms with Gasteiger partial charge in [-0.25, -0.2) is 0 Å². The summed E-state index contributed by atoms with van der Waals surface area (Å²) in [5, 5.41) is 23.2. The molecule has 4 nitrogen and oxygen atoms in total. The SMILES string of the molecule is CC/C=C\C/C=C\C/C=C\C/C=C\C/C=C\C/C=C\C/C=C\C/C=C\CCCCCCCCC(=O)NC(CO)C(O)/C=C/CC/C=C/CCCCCCCCCCCCCCCCCCCCCCC. The summed E-state index contributed by atoms with van der Waals surface area (Å²) in [5.41, 5.74) is 0. The maximum atomic E-state index is 12.5. The Morgan fingerprint density at radius 3 is 1.00 bits per heavy atom. The highest BCUT2D eigenvalue weighted by Gasteiger charge is 2.18. The number of hydrogen-bond donors (Lipinski definition) is 3. The Morgan fingerprint density at radius 1 is 0.357 bits per heavy atom. The van der Waals surface area contributed by atoms with Crippen LogP contribution in [0.25, 0.3) is 0 Å². The maximum absolute atomic E-state index is 12.5. The van der Waals surface area contributed by atoms with Crippen molar-refractivity contribution in [2.75, 3.05) is 6.61 Å². The average Bonchev–Trinajstić information content (AvgIpc) is 3.36. The predicted molar refractivity (Wildman–Crippen MR) is 312 cm³/mol. The van der Waals surface area contributed by atoms with Crippen LogP contribution in [0.2, 0.25) is 0 Å². The van der Waals surface area contributed by atoms with Crippen LogP contribution in [-0.2, 0) is 4.79 Å². The summed E-state index contributed by atoms with van der Waals surface area (Å²) in [7, 11) is 0. The minimum atomic E-state index is -0.879. The molecule has 0 aromatic carbocycles. The number of aliphatic hydroxyl groups is 2. The van der Waals surface area contributed by atoms with Crippen LogP contribution in [-0.4, -0.2) is 34.9 Å². The summed E-state index contributed by atoms with van der Waals surface area (Å²) in [6.07, 6.45) is 92.2. The molecule has 0 aromatic rings. The molecule has 0 aromatic heterocycles. The highest BCUT2D eigenvalue weighted by molar-refractivity contribution is 5.76. The number of nitrogens with one attached hydrogen (secondary N) is 1. The van der Waals surface area contributed by atoms with E-state index in [0.717, 1.165) is 96.3 Å². The number of carbonyl (C=O) groups is 1. The Bertz CT molecular complexity index is 1380. The van der Waals surface area contributed by atoms with Crippen molar-refractivity contribution in [3.8, 4) is 0 Å². The normalized spacial score (nSPS) is 13.7. The zero-order chi connectivity index (χ0) is 50.6. The summed E-state index contributed by atoms with van der Waals surface area (Å²) < 4.78 is 0. The molecule has 0 saturated carbocycles. The van der Waals surface area contributed by atoms with E-state index in [1.165, 1.54) is 154 Å². The molecule has 0 spiro atoms. The second-order valence-electron chi connectivity index (χ2n) is 19.7. The van der Waals surface area contributed by atoms with E-state index < -0.39 is 12.1 Å². The van der Waals surface area contributed by atoms with Crippen LogP contribution in [0.5, 0.6) is 0 Å². The molecule has 3 N–H and O–H groups in total. The first-order chi connectivity index (χ1) is 34.7. The maximum Gasteiger partial charge on any atom is 0.220 e. The van der Waals surface area contributed by atoms with E-state index in [2.05, 4.69) is 129 Å². The quantitative estimate of drug-likeness (QED) is 0.0420. The molecule has 0 bridgehead atoms. The lowest BCUT2D eigenvalue weighted by molar-refractivity contribution is -0.123. The van der Waals surface area contributed by atoms with Gasteiger partial charge < -0.3 is 15.5 Å². The van der Waals surface area contributed by atoms with Crippen LogP contribution in [0.15, 0.2) is 122 Å². The average molecular weight is 969 g/mol. The highest BCUT2D eigenvalue weighted by atomic mass is 16.3. The van der Waals surface area contributed by atoms with Crippen LogP contribution in [0.3, 0.4) is 0 Å². The van der Waals surface area contributed by atoms with Gasteiger partial charge in [-0.1, -0.05) is 289 Å². The lowest BCUT2D eigenvalue weighted by atomic mass is 10.0. The topological polar surface area (TPSA) is 69.6 Å². The minimum Gasteiger partial charge on any atom is -0.394 e. The lowest BCUT2D eigenvalue weighted by Gasteiger charge is -2.19.